The minimum Gasteiger partial charge on any atom is -0.341 e. The number of carbonyl (C=O) groups is 1. The van der Waals surface area contributed by atoms with Gasteiger partial charge in [0.25, 0.3) is 0 Å². The van der Waals surface area contributed by atoms with E-state index in [0.717, 1.165) is 25.9 Å². The molecule has 88 valence electrons. The third-order valence-corrected chi connectivity index (χ3v) is 3.47. The summed E-state index contributed by atoms with van der Waals surface area (Å²) in [6, 6.07) is 0. The van der Waals surface area contributed by atoms with E-state index < -0.39 is 5.54 Å². The molecule has 1 unspecified atom stereocenters. The topological polar surface area (TPSA) is 46.3 Å². The van der Waals surface area contributed by atoms with Crippen LogP contribution in [0.25, 0.3) is 0 Å². The van der Waals surface area contributed by atoms with Gasteiger partial charge in [0.15, 0.2) is 0 Å². The Bertz CT molecular complexity index is 244. The van der Waals surface area contributed by atoms with E-state index in [1.165, 1.54) is 6.42 Å². The summed E-state index contributed by atoms with van der Waals surface area (Å²) in [6.07, 6.45) is 3.45. The van der Waals surface area contributed by atoms with Crippen molar-refractivity contribution in [2.75, 3.05) is 13.1 Å². The third-order valence-electron chi connectivity index (χ3n) is 3.47. The fourth-order valence-electron chi connectivity index (χ4n) is 2.19. The molecule has 0 radical (unpaired) electrons. The summed E-state index contributed by atoms with van der Waals surface area (Å²) < 4.78 is 0. The SMILES string of the molecule is CCC1(C)CCCN(C(=O)C(C)(C)N)C1. The Morgan fingerprint density at radius 1 is 1.53 bits per heavy atom. The molecule has 0 saturated carbocycles. The normalized spacial score (nSPS) is 27.9. The van der Waals surface area contributed by atoms with Crippen LogP contribution in [-0.2, 0) is 4.79 Å². The van der Waals surface area contributed by atoms with Crippen LogP contribution >= 0.6 is 0 Å². The van der Waals surface area contributed by atoms with Crippen molar-refractivity contribution in [3.63, 3.8) is 0 Å². The molecule has 3 heteroatoms. The molecule has 2 N–H and O–H groups in total. The predicted molar refractivity (Wildman–Crippen MR) is 62.5 cm³/mol. The molecule has 1 amide bonds. The molecule has 0 spiro atoms. The number of hydrogen-bond acceptors (Lipinski definition) is 2. The molecule has 3 nitrogen and oxygen atoms in total. The Morgan fingerprint density at radius 3 is 2.60 bits per heavy atom. The fraction of sp³-hybridized carbons (Fsp3) is 0.917. The number of nitrogens with two attached hydrogens (primary N) is 1. The number of amides is 1. The van der Waals surface area contributed by atoms with Gasteiger partial charge in [-0.3, -0.25) is 4.79 Å². The van der Waals surface area contributed by atoms with Gasteiger partial charge < -0.3 is 10.6 Å². The van der Waals surface area contributed by atoms with E-state index >= 15 is 0 Å². The summed E-state index contributed by atoms with van der Waals surface area (Å²) in [6.45, 7) is 9.76. The number of nitrogens with zero attached hydrogens (tertiary/aromatic N) is 1. The maximum absolute atomic E-state index is 12.0. The van der Waals surface area contributed by atoms with Crippen LogP contribution in [0.2, 0.25) is 0 Å². The lowest BCUT2D eigenvalue weighted by Crippen LogP contribution is -2.55. The van der Waals surface area contributed by atoms with Gasteiger partial charge in [-0.1, -0.05) is 13.8 Å². The van der Waals surface area contributed by atoms with Crippen LogP contribution in [0.1, 0.15) is 47.0 Å². The summed E-state index contributed by atoms with van der Waals surface area (Å²) in [5, 5.41) is 0. The second-order valence-electron chi connectivity index (χ2n) is 5.72. The standard InChI is InChI=1S/C12H24N2O/c1-5-12(4)7-6-8-14(9-12)10(15)11(2,3)13/h5-9,13H2,1-4H3. The lowest BCUT2D eigenvalue weighted by atomic mass is 9.79. The van der Waals surface area contributed by atoms with E-state index in [9.17, 15) is 4.79 Å². The highest BCUT2D eigenvalue weighted by Gasteiger charge is 2.35. The smallest absolute Gasteiger partial charge is 0.242 e. The van der Waals surface area contributed by atoms with Gasteiger partial charge in [-0.25, -0.2) is 0 Å². The van der Waals surface area contributed by atoms with Crippen LogP contribution in [-0.4, -0.2) is 29.4 Å². The molecule has 0 bridgehead atoms. The van der Waals surface area contributed by atoms with Gasteiger partial charge in [-0.05, 0) is 38.5 Å². The number of carbonyl (C=O) groups excluding carboxylic acids is 1. The minimum absolute atomic E-state index is 0.0851. The van der Waals surface area contributed by atoms with Gasteiger partial charge in [0.1, 0.15) is 0 Å². The summed E-state index contributed by atoms with van der Waals surface area (Å²) in [5.41, 5.74) is 5.41. The van der Waals surface area contributed by atoms with Gasteiger partial charge in [-0.15, -0.1) is 0 Å². The van der Waals surface area contributed by atoms with E-state index in [1.54, 1.807) is 13.8 Å². The molecule has 1 atom stereocenters. The fourth-order valence-corrected chi connectivity index (χ4v) is 2.19. The Morgan fingerprint density at radius 2 is 2.13 bits per heavy atom. The lowest BCUT2D eigenvalue weighted by Gasteiger charge is -2.42. The highest BCUT2D eigenvalue weighted by molar-refractivity contribution is 5.85. The van der Waals surface area contributed by atoms with Crippen LogP contribution in [0.3, 0.4) is 0 Å². The molecule has 1 heterocycles. The van der Waals surface area contributed by atoms with E-state index in [1.807, 2.05) is 4.90 Å². The average Bonchev–Trinajstić information content (AvgIpc) is 2.15. The predicted octanol–water partition coefficient (Wildman–Crippen LogP) is 1.76. The van der Waals surface area contributed by atoms with Crippen molar-refractivity contribution in [1.82, 2.24) is 4.90 Å². The first-order valence-corrected chi connectivity index (χ1v) is 5.87. The highest BCUT2D eigenvalue weighted by Crippen LogP contribution is 2.33. The highest BCUT2D eigenvalue weighted by atomic mass is 16.2. The first kappa shape index (κ1) is 12.5. The minimum atomic E-state index is -0.730. The number of rotatable bonds is 2. The molecule has 0 aromatic carbocycles. The van der Waals surface area contributed by atoms with Gasteiger partial charge in [-0.2, -0.15) is 0 Å². The summed E-state index contributed by atoms with van der Waals surface area (Å²) >= 11 is 0. The molecule has 1 rings (SSSR count). The third kappa shape index (κ3) is 2.94. The maximum Gasteiger partial charge on any atom is 0.242 e. The Kier molecular flexibility index (Phi) is 3.44. The van der Waals surface area contributed by atoms with Crippen molar-refractivity contribution < 1.29 is 4.79 Å². The van der Waals surface area contributed by atoms with Crippen molar-refractivity contribution in [1.29, 1.82) is 0 Å². The second kappa shape index (κ2) is 4.12. The maximum atomic E-state index is 12.0. The lowest BCUT2D eigenvalue weighted by molar-refractivity contribution is -0.139. The van der Waals surface area contributed by atoms with E-state index in [4.69, 9.17) is 5.73 Å². The van der Waals surface area contributed by atoms with E-state index in [-0.39, 0.29) is 5.91 Å². The average molecular weight is 212 g/mol. The quantitative estimate of drug-likeness (QED) is 0.758. The zero-order chi connectivity index (χ0) is 11.7. The Balaban J connectivity index is 2.69. The summed E-state index contributed by atoms with van der Waals surface area (Å²) in [7, 11) is 0. The van der Waals surface area contributed by atoms with Crippen molar-refractivity contribution >= 4 is 5.91 Å². The molecule has 1 aliphatic heterocycles. The van der Waals surface area contributed by atoms with Crippen molar-refractivity contribution in [2.24, 2.45) is 11.1 Å². The zero-order valence-electron chi connectivity index (χ0n) is 10.5. The molecular weight excluding hydrogens is 188 g/mol. The molecule has 1 saturated heterocycles. The van der Waals surface area contributed by atoms with Crippen LogP contribution in [0, 0.1) is 5.41 Å². The van der Waals surface area contributed by atoms with Crippen molar-refractivity contribution in [3.8, 4) is 0 Å². The molecule has 1 fully saturated rings. The number of likely N-dealkylation sites (tertiary alicyclic amines) is 1. The largest absolute Gasteiger partial charge is 0.341 e. The molecule has 15 heavy (non-hydrogen) atoms. The monoisotopic (exact) mass is 212 g/mol. The van der Waals surface area contributed by atoms with Crippen LogP contribution < -0.4 is 5.73 Å². The molecule has 0 aromatic rings. The Hall–Kier alpha value is -0.570. The zero-order valence-corrected chi connectivity index (χ0v) is 10.5. The summed E-state index contributed by atoms with van der Waals surface area (Å²) in [4.78, 5) is 14.0. The summed E-state index contributed by atoms with van der Waals surface area (Å²) in [5.74, 6) is 0.0851. The second-order valence-corrected chi connectivity index (χ2v) is 5.72. The number of hydrogen-bond donors (Lipinski definition) is 1. The van der Waals surface area contributed by atoms with Gasteiger partial charge >= 0.3 is 0 Å². The first-order valence-electron chi connectivity index (χ1n) is 5.87. The van der Waals surface area contributed by atoms with Crippen LogP contribution in [0.15, 0.2) is 0 Å². The molecule has 1 aliphatic rings. The van der Waals surface area contributed by atoms with Gasteiger partial charge in [0, 0.05) is 13.1 Å². The van der Waals surface area contributed by atoms with Gasteiger partial charge in [0.2, 0.25) is 5.91 Å². The number of piperidine rings is 1. The Labute approximate surface area is 93.0 Å². The van der Waals surface area contributed by atoms with E-state index in [2.05, 4.69) is 13.8 Å². The van der Waals surface area contributed by atoms with Crippen molar-refractivity contribution in [2.45, 2.75) is 52.5 Å². The van der Waals surface area contributed by atoms with Crippen LogP contribution in [0.5, 0.6) is 0 Å². The van der Waals surface area contributed by atoms with Crippen molar-refractivity contribution in [3.05, 3.63) is 0 Å². The molecule has 0 aliphatic carbocycles. The molecule has 0 aromatic heterocycles. The first-order chi connectivity index (χ1) is 6.78. The van der Waals surface area contributed by atoms with E-state index in [0.29, 0.717) is 5.41 Å². The van der Waals surface area contributed by atoms with Crippen LogP contribution in [0.4, 0.5) is 0 Å². The molecular formula is C12H24N2O. The van der Waals surface area contributed by atoms with Gasteiger partial charge in [0.05, 0.1) is 5.54 Å².